The Balaban J connectivity index is 1.92. The van der Waals surface area contributed by atoms with E-state index in [4.69, 9.17) is 28.9 Å². The highest BCUT2D eigenvalue weighted by atomic mass is 35.5. The van der Waals surface area contributed by atoms with E-state index in [0.29, 0.717) is 27.4 Å². The molecule has 0 spiro atoms. The zero-order valence-corrected chi connectivity index (χ0v) is 15.9. The van der Waals surface area contributed by atoms with E-state index in [1.165, 1.54) is 11.8 Å². The first-order valence-corrected chi connectivity index (χ1v) is 9.41. The minimum Gasteiger partial charge on any atom is -0.369 e. The molecule has 3 rings (SSSR count). The lowest BCUT2D eigenvalue weighted by molar-refractivity contribution is -0.130. The molecule has 1 aliphatic heterocycles. The average molecular weight is 408 g/mol. The Hall–Kier alpha value is -2.02. The second kappa shape index (κ2) is 8.12. The lowest BCUT2D eigenvalue weighted by Gasteiger charge is -2.31. The van der Waals surface area contributed by atoms with Crippen LogP contribution in [0.15, 0.2) is 53.5 Å². The van der Waals surface area contributed by atoms with Gasteiger partial charge in [0.05, 0.1) is 17.5 Å². The number of nitrogens with zero attached hydrogens (tertiary/aromatic N) is 2. The van der Waals surface area contributed by atoms with Crippen LogP contribution in [0, 0.1) is 0 Å². The molecule has 0 aliphatic carbocycles. The summed E-state index contributed by atoms with van der Waals surface area (Å²) in [6.07, 6.45) is 0.0488. The summed E-state index contributed by atoms with van der Waals surface area (Å²) in [5.41, 5.74) is 6.94. The maximum Gasteiger partial charge on any atom is 0.231 e. The van der Waals surface area contributed by atoms with E-state index >= 15 is 0 Å². The van der Waals surface area contributed by atoms with Crippen molar-refractivity contribution < 1.29 is 9.59 Å². The van der Waals surface area contributed by atoms with Gasteiger partial charge in [-0.1, -0.05) is 47.1 Å². The molecule has 2 aromatic carbocycles. The highest BCUT2D eigenvalue weighted by molar-refractivity contribution is 8.15. The third-order valence-corrected chi connectivity index (χ3v) is 5.47. The van der Waals surface area contributed by atoms with Crippen molar-refractivity contribution in [2.45, 2.75) is 18.2 Å². The van der Waals surface area contributed by atoms with Gasteiger partial charge in [-0.15, -0.1) is 0 Å². The Bertz CT molecular complexity index is 854. The smallest absolute Gasteiger partial charge is 0.231 e. The molecule has 2 amide bonds. The first kappa shape index (κ1) is 18.8. The maximum atomic E-state index is 12.6. The predicted molar refractivity (Wildman–Crippen MR) is 106 cm³/mol. The van der Waals surface area contributed by atoms with Crippen molar-refractivity contribution in [1.29, 1.82) is 0 Å². The number of amides is 2. The number of benzene rings is 2. The highest BCUT2D eigenvalue weighted by Gasteiger charge is 2.34. The van der Waals surface area contributed by atoms with Gasteiger partial charge in [0.2, 0.25) is 11.8 Å². The zero-order valence-electron chi connectivity index (χ0n) is 13.6. The minimum absolute atomic E-state index is 0.0488. The van der Waals surface area contributed by atoms with Gasteiger partial charge < -0.3 is 5.73 Å². The molecule has 2 aromatic rings. The summed E-state index contributed by atoms with van der Waals surface area (Å²) in [7, 11) is 0. The topological polar surface area (TPSA) is 75.8 Å². The normalized spacial score (nSPS) is 19.0. The molecule has 26 heavy (non-hydrogen) atoms. The molecule has 0 radical (unpaired) electrons. The molecule has 8 heteroatoms. The van der Waals surface area contributed by atoms with E-state index in [-0.39, 0.29) is 12.3 Å². The maximum absolute atomic E-state index is 12.6. The predicted octanol–water partition coefficient (Wildman–Crippen LogP) is 4.00. The van der Waals surface area contributed by atoms with Crippen molar-refractivity contribution in [3.63, 3.8) is 0 Å². The highest BCUT2D eigenvalue weighted by Crippen LogP contribution is 2.30. The number of primary amides is 1. The number of nitrogens with two attached hydrogens (primary N) is 1. The Kier molecular flexibility index (Phi) is 5.86. The van der Waals surface area contributed by atoms with Crippen molar-refractivity contribution in [2.75, 3.05) is 0 Å². The van der Waals surface area contributed by atoms with Crippen LogP contribution in [0.25, 0.3) is 0 Å². The Labute approximate surface area is 165 Å². The summed E-state index contributed by atoms with van der Waals surface area (Å²) in [5, 5.41) is 1.02. The number of rotatable bonds is 4. The molecule has 1 atom stereocenters. The van der Waals surface area contributed by atoms with E-state index in [2.05, 4.69) is 4.99 Å². The molecule has 0 bridgehead atoms. The van der Waals surface area contributed by atoms with Gasteiger partial charge in [0.15, 0.2) is 5.17 Å². The molecule has 1 fully saturated rings. The number of carbonyl (C=O) groups is 2. The first-order chi connectivity index (χ1) is 12.4. The number of aliphatic imine (C=N–C) groups is 1. The molecule has 0 saturated carbocycles. The fourth-order valence-electron chi connectivity index (χ4n) is 2.41. The van der Waals surface area contributed by atoms with Gasteiger partial charge >= 0.3 is 0 Å². The van der Waals surface area contributed by atoms with Crippen molar-refractivity contribution in [1.82, 2.24) is 4.90 Å². The van der Waals surface area contributed by atoms with Gasteiger partial charge in [0, 0.05) is 16.5 Å². The molecule has 1 aliphatic rings. The van der Waals surface area contributed by atoms with Crippen LogP contribution in [0.2, 0.25) is 10.0 Å². The summed E-state index contributed by atoms with van der Waals surface area (Å²) >= 11 is 13.0. The van der Waals surface area contributed by atoms with Crippen LogP contribution in [0.4, 0.5) is 5.69 Å². The Morgan fingerprint density at radius 3 is 2.27 bits per heavy atom. The first-order valence-electron chi connectivity index (χ1n) is 7.77. The quantitative estimate of drug-likeness (QED) is 0.831. The second-order valence-electron chi connectivity index (χ2n) is 5.69. The SMILES string of the molecule is NC(=O)[C@@H]1CC(=O)N(Cc2ccc(Cl)cc2)C(=Nc2ccc(Cl)cc2)S1. The van der Waals surface area contributed by atoms with E-state index in [0.717, 1.165) is 5.56 Å². The van der Waals surface area contributed by atoms with Crippen LogP contribution in [0.5, 0.6) is 0 Å². The minimum atomic E-state index is -0.630. The van der Waals surface area contributed by atoms with E-state index in [1.807, 2.05) is 12.1 Å². The van der Waals surface area contributed by atoms with Gasteiger partial charge in [-0.25, -0.2) is 4.99 Å². The van der Waals surface area contributed by atoms with Crippen LogP contribution in [-0.2, 0) is 16.1 Å². The van der Waals surface area contributed by atoms with Crippen molar-refractivity contribution >= 4 is 57.6 Å². The van der Waals surface area contributed by atoms with Crippen molar-refractivity contribution in [3.05, 3.63) is 64.1 Å². The molecule has 1 saturated heterocycles. The van der Waals surface area contributed by atoms with E-state index < -0.39 is 11.2 Å². The van der Waals surface area contributed by atoms with Gasteiger partial charge in [0.25, 0.3) is 0 Å². The van der Waals surface area contributed by atoms with Gasteiger partial charge in [-0.2, -0.15) is 0 Å². The van der Waals surface area contributed by atoms with E-state index in [1.54, 1.807) is 41.3 Å². The van der Waals surface area contributed by atoms with E-state index in [9.17, 15) is 9.59 Å². The van der Waals surface area contributed by atoms with Gasteiger partial charge in [-0.3, -0.25) is 14.5 Å². The van der Waals surface area contributed by atoms with Crippen molar-refractivity contribution in [3.8, 4) is 0 Å². The van der Waals surface area contributed by atoms with Crippen LogP contribution in [0.1, 0.15) is 12.0 Å². The molecular formula is C18H15Cl2N3O2S. The van der Waals surface area contributed by atoms with Gasteiger partial charge in [0.1, 0.15) is 0 Å². The number of halogens is 2. The number of amidine groups is 1. The molecule has 2 N–H and O–H groups in total. The molecule has 0 aromatic heterocycles. The van der Waals surface area contributed by atoms with Gasteiger partial charge in [-0.05, 0) is 42.0 Å². The largest absolute Gasteiger partial charge is 0.369 e. The summed E-state index contributed by atoms with van der Waals surface area (Å²) < 4.78 is 0. The standard InChI is InChI=1S/C18H15Cl2N3O2S/c19-12-3-1-11(2-4-12)10-23-16(24)9-15(17(21)25)26-18(23)22-14-7-5-13(20)6-8-14/h1-8,15H,9-10H2,(H2,21,25)/t15-/m0/s1. The van der Waals surface area contributed by atoms with Crippen LogP contribution in [-0.4, -0.2) is 27.1 Å². The third-order valence-electron chi connectivity index (χ3n) is 3.76. The number of hydrogen-bond donors (Lipinski definition) is 1. The molecule has 1 heterocycles. The molecular weight excluding hydrogens is 393 g/mol. The number of thioether (sulfide) groups is 1. The number of hydrogen-bond acceptors (Lipinski definition) is 4. The fraction of sp³-hybridized carbons (Fsp3) is 0.167. The zero-order chi connectivity index (χ0) is 18.7. The summed E-state index contributed by atoms with van der Waals surface area (Å²) in [6, 6.07) is 14.1. The monoisotopic (exact) mass is 407 g/mol. The average Bonchev–Trinajstić information content (AvgIpc) is 2.61. The number of carbonyl (C=O) groups excluding carboxylic acids is 2. The fourth-order valence-corrected chi connectivity index (χ4v) is 3.71. The second-order valence-corrected chi connectivity index (χ2v) is 7.73. The Morgan fingerprint density at radius 2 is 1.69 bits per heavy atom. The molecule has 5 nitrogen and oxygen atoms in total. The van der Waals surface area contributed by atoms with Crippen molar-refractivity contribution in [2.24, 2.45) is 10.7 Å². The van der Waals surface area contributed by atoms with Crippen LogP contribution >= 0.6 is 35.0 Å². The van der Waals surface area contributed by atoms with Crippen LogP contribution < -0.4 is 5.73 Å². The molecule has 134 valence electrons. The lowest BCUT2D eigenvalue weighted by atomic mass is 10.2. The third kappa shape index (κ3) is 4.58. The lowest BCUT2D eigenvalue weighted by Crippen LogP contribution is -2.45. The Morgan fingerprint density at radius 1 is 1.12 bits per heavy atom. The summed E-state index contributed by atoms with van der Waals surface area (Å²) in [6.45, 7) is 0.334. The summed E-state index contributed by atoms with van der Waals surface area (Å²) in [5.74, 6) is -0.728. The van der Waals surface area contributed by atoms with Crippen LogP contribution in [0.3, 0.4) is 0 Å². The molecule has 0 unspecified atom stereocenters. The summed E-state index contributed by atoms with van der Waals surface area (Å²) in [4.78, 5) is 30.3.